The van der Waals surface area contributed by atoms with Gasteiger partial charge in [-0.2, -0.15) is 0 Å². The van der Waals surface area contributed by atoms with E-state index in [1.54, 1.807) is 24.3 Å². The first-order valence-electron chi connectivity index (χ1n) is 11.4. The second-order valence-electron chi connectivity index (χ2n) is 8.40. The van der Waals surface area contributed by atoms with Crippen LogP contribution in [-0.4, -0.2) is 74.4 Å². The maximum Gasteiger partial charge on any atom is 0.257 e. The number of anilines is 1. The molecule has 4 rings (SSSR count). The molecule has 190 valence electrons. The molecular weight excluding hydrogens is 491 g/mol. The Morgan fingerprint density at radius 3 is 2.58 bits per heavy atom. The molecule has 2 aliphatic rings. The van der Waals surface area contributed by atoms with Crippen LogP contribution in [0.3, 0.4) is 0 Å². The van der Waals surface area contributed by atoms with E-state index in [4.69, 9.17) is 22.1 Å². The predicted octanol–water partition coefficient (Wildman–Crippen LogP) is 0.860. The Kier molecular flexibility index (Phi) is 7.82. The van der Waals surface area contributed by atoms with Crippen LogP contribution in [-0.2, 0) is 19.9 Å². The van der Waals surface area contributed by atoms with Gasteiger partial charge in [-0.15, -0.1) is 0 Å². The van der Waals surface area contributed by atoms with E-state index < -0.39 is 35.1 Å². The molecule has 3 amide bonds. The van der Waals surface area contributed by atoms with Gasteiger partial charge in [-0.25, -0.2) is 4.39 Å². The molecule has 36 heavy (non-hydrogen) atoms. The van der Waals surface area contributed by atoms with Crippen LogP contribution in [0.5, 0.6) is 0 Å². The highest BCUT2D eigenvalue weighted by Crippen LogP contribution is 2.31. The number of rotatable bonds is 8. The summed E-state index contributed by atoms with van der Waals surface area (Å²) in [6.45, 7) is 3.93. The van der Waals surface area contributed by atoms with Crippen LogP contribution in [0.2, 0.25) is 5.02 Å². The minimum atomic E-state index is -1.59. The quantitative estimate of drug-likeness (QED) is 0.410. The van der Waals surface area contributed by atoms with Gasteiger partial charge in [0.2, 0.25) is 5.91 Å². The van der Waals surface area contributed by atoms with Crippen molar-refractivity contribution in [3.8, 4) is 0 Å². The third kappa shape index (κ3) is 5.32. The number of carbonyl (C=O) groups is 3. The number of hydrogen-bond donors (Lipinski definition) is 4. The Morgan fingerprint density at radius 1 is 1.19 bits per heavy atom. The summed E-state index contributed by atoms with van der Waals surface area (Å²) >= 11 is 5.96. The number of nitrogens with zero attached hydrogens (tertiary/aromatic N) is 2. The molecule has 0 aromatic heterocycles. The van der Waals surface area contributed by atoms with E-state index >= 15 is 0 Å². The third-order valence-electron chi connectivity index (χ3n) is 6.17. The summed E-state index contributed by atoms with van der Waals surface area (Å²) in [5, 5.41) is 8.34. The Bertz CT molecular complexity index is 1170. The van der Waals surface area contributed by atoms with E-state index in [1.165, 1.54) is 12.4 Å². The number of primary amides is 1. The lowest BCUT2D eigenvalue weighted by Crippen LogP contribution is -2.60. The summed E-state index contributed by atoms with van der Waals surface area (Å²) < 4.78 is 18.6. The van der Waals surface area contributed by atoms with Gasteiger partial charge in [0.05, 0.1) is 30.1 Å². The van der Waals surface area contributed by atoms with Crippen molar-refractivity contribution in [2.45, 2.75) is 11.6 Å². The number of amides is 3. The highest BCUT2D eigenvalue weighted by atomic mass is 35.5. The van der Waals surface area contributed by atoms with Crippen LogP contribution in [0.4, 0.5) is 10.1 Å². The van der Waals surface area contributed by atoms with Gasteiger partial charge < -0.3 is 26.4 Å². The van der Waals surface area contributed by atoms with Crippen molar-refractivity contribution in [1.29, 1.82) is 0 Å². The van der Waals surface area contributed by atoms with Crippen molar-refractivity contribution in [2.24, 2.45) is 10.7 Å². The second-order valence-corrected chi connectivity index (χ2v) is 8.81. The molecule has 1 fully saturated rings. The SMILES string of the molecule is NC(=O)C1(c2ccc(NC(=O)c3ccc(F)cc3Cl)cc2)NC=NC1C(=O)NCCN1CCOCC1. The maximum absolute atomic E-state index is 13.3. The summed E-state index contributed by atoms with van der Waals surface area (Å²) in [5.74, 6) is -2.30. The molecule has 2 aromatic rings. The number of aliphatic imine (C=N–C) groups is 1. The van der Waals surface area contributed by atoms with Gasteiger partial charge >= 0.3 is 0 Å². The van der Waals surface area contributed by atoms with Crippen molar-refractivity contribution in [3.05, 3.63) is 64.4 Å². The average Bonchev–Trinajstić information content (AvgIpc) is 3.31. The van der Waals surface area contributed by atoms with Crippen LogP contribution < -0.4 is 21.7 Å². The molecule has 0 aliphatic carbocycles. The maximum atomic E-state index is 13.3. The second kappa shape index (κ2) is 11.0. The Balaban J connectivity index is 1.45. The van der Waals surface area contributed by atoms with E-state index in [0.717, 1.165) is 25.2 Å². The lowest BCUT2D eigenvalue weighted by Gasteiger charge is -2.32. The molecule has 2 heterocycles. The highest BCUT2D eigenvalue weighted by Gasteiger charge is 2.52. The summed E-state index contributed by atoms with van der Waals surface area (Å²) in [4.78, 5) is 44.5. The van der Waals surface area contributed by atoms with Crippen LogP contribution >= 0.6 is 11.6 Å². The largest absolute Gasteiger partial charge is 0.379 e. The van der Waals surface area contributed by atoms with Gasteiger partial charge in [-0.05, 0) is 35.9 Å². The van der Waals surface area contributed by atoms with Crippen molar-refractivity contribution < 1.29 is 23.5 Å². The highest BCUT2D eigenvalue weighted by molar-refractivity contribution is 6.34. The molecule has 2 aromatic carbocycles. The zero-order valence-corrected chi connectivity index (χ0v) is 20.1. The Hall–Kier alpha value is -3.54. The summed E-state index contributed by atoms with van der Waals surface area (Å²) in [7, 11) is 0. The van der Waals surface area contributed by atoms with Crippen molar-refractivity contribution in [3.63, 3.8) is 0 Å². The lowest BCUT2D eigenvalue weighted by atomic mass is 9.82. The van der Waals surface area contributed by atoms with E-state index in [-0.39, 0.29) is 10.6 Å². The molecule has 0 spiro atoms. The number of benzene rings is 2. The van der Waals surface area contributed by atoms with Crippen LogP contribution in [0, 0.1) is 5.82 Å². The average molecular weight is 517 g/mol. The molecule has 2 aliphatic heterocycles. The number of carbonyl (C=O) groups excluding carboxylic acids is 3. The van der Waals surface area contributed by atoms with Gasteiger partial charge in [0.25, 0.3) is 11.8 Å². The number of nitrogens with one attached hydrogen (secondary N) is 3. The van der Waals surface area contributed by atoms with Gasteiger partial charge in [0.15, 0.2) is 11.6 Å². The zero-order chi connectivity index (χ0) is 25.7. The molecule has 10 nitrogen and oxygen atoms in total. The number of morpholine rings is 1. The van der Waals surface area contributed by atoms with Crippen LogP contribution in [0.15, 0.2) is 47.5 Å². The number of ether oxygens (including phenoxy) is 1. The van der Waals surface area contributed by atoms with Gasteiger partial charge in [0, 0.05) is 31.9 Å². The Morgan fingerprint density at radius 2 is 1.92 bits per heavy atom. The standard InChI is InChI=1S/C24H26ClFN6O4/c25-19-13-16(26)3-6-18(19)21(33)31-17-4-1-15(2-5-17)24(23(27)35)20(29-14-30-24)22(34)28-7-8-32-9-11-36-12-10-32/h1-6,13-14,20H,7-12H2,(H2,27,35)(H,28,34)(H,29,30)(H,31,33). The zero-order valence-electron chi connectivity index (χ0n) is 19.3. The van der Waals surface area contributed by atoms with E-state index in [9.17, 15) is 18.8 Å². The summed E-state index contributed by atoms with van der Waals surface area (Å²) in [6, 6.07) is 8.62. The van der Waals surface area contributed by atoms with Crippen molar-refractivity contribution in [1.82, 2.24) is 15.5 Å². The van der Waals surface area contributed by atoms with E-state index in [1.807, 2.05) is 0 Å². The molecule has 0 bridgehead atoms. The fourth-order valence-electron chi connectivity index (χ4n) is 4.21. The molecule has 1 saturated heterocycles. The lowest BCUT2D eigenvalue weighted by molar-refractivity contribution is -0.131. The van der Waals surface area contributed by atoms with Crippen LogP contribution in [0.25, 0.3) is 0 Å². The fraction of sp³-hybridized carbons (Fsp3) is 0.333. The first-order chi connectivity index (χ1) is 17.3. The molecular formula is C24H26ClFN6O4. The van der Waals surface area contributed by atoms with Gasteiger partial charge in [-0.1, -0.05) is 23.7 Å². The van der Waals surface area contributed by atoms with E-state index in [0.29, 0.717) is 37.6 Å². The van der Waals surface area contributed by atoms with Gasteiger partial charge in [0.1, 0.15) is 5.82 Å². The number of nitrogens with two attached hydrogens (primary N) is 1. The summed E-state index contributed by atoms with van der Waals surface area (Å²) in [5.41, 5.74) is 5.08. The van der Waals surface area contributed by atoms with Crippen molar-refractivity contribution in [2.75, 3.05) is 44.7 Å². The molecule has 12 heteroatoms. The topological polar surface area (TPSA) is 138 Å². The minimum Gasteiger partial charge on any atom is -0.379 e. The normalized spacial score (nSPS) is 21.6. The molecule has 0 saturated carbocycles. The first kappa shape index (κ1) is 25.5. The van der Waals surface area contributed by atoms with Gasteiger partial charge in [-0.3, -0.25) is 24.3 Å². The number of hydrogen-bond acceptors (Lipinski definition) is 7. The fourth-order valence-corrected chi connectivity index (χ4v) is 4.46. The van der Waals surface area contributed by atoms with Crippen LogP contribution in [0.1, 0.15) is 15.9 Å². The minimum absolute atomic E-state index is 0.0217. The predicted molar refractivity (Wildman–Crippen MR) is 132 cm³/mol. The molecule has 2 atom stereocenters. The van der Waals surface area contributed by atoms with Crippen molar-refractivity contribution >= 4 is 41.3 Å². The molecule has 0 radical (unpaired) electrons. The summed E-state index contributed by atoms with van der Waals surface area (Å²) in [6.07, 6.45) is 1.29. The first-order valence-corrected chi connectivity index (χ1v) is 11.7. The number of halogens is 2. The smallest absolute Gasteiger partial charge is 0.257 e. The third-order valence-corrected chi connectivity index (χ3v) is 6.48. The van der Waals surface area contributed by atoms with E-state index in [2.05, 4.69) is 25.8 Å². The molecule has 5 N–H and O–H groups in total. The monoisotopic (exact) mass is 516 g/mol. The molecule has 2 unspecified atom stereocenters. The Labute approximate surface area is 212 Å².